The predicted octanol–water partition coefficient (Wildman–Crippen LogP) is 1.59. The number of nitrogen functional groups attached to an aromatic ring is 1. The number of hydrogen-bond donors (Lipinski definition) is 1. The van der Waals surface area contributed by atoms with Crippen LogP contribution >= 0.6 is 0 Å². The average molecular weight is 464 g/mol. The van der Waals surface area contributed by atoms with Crippen LogP contribution in [0.4, 0.5) is 5.69 Å². The molecule has 10 heteroatoms. The summed E-state index contributed by atoms with van der Waals surface area (Å²) in [6, 6.07) is 13.4. The van der Waals surface area contributed by atoms with Crippen molar-refractivity contribution in [2.24, 2.45) is 0 Å². The average Bonchev–Trinajstić information content (AvgIpc) is 2.77. The summed E-state index contributed by atoms with van der Waals surface area (Å²) < 4.78 is 43.5. The van der Waals surface area contributed by atoms with E-state index in [1.54, 1.807) is 48.5 Å². The number of nitrogens with two attached hydrogens (primary N) is 1. The Bertz CT molecular complexity index is 1000. The molecule has 0 bridgehead atoms. The van der Waals surface area contributed by atoms with Gasteiger partial charge in [-0.1, -0.05) is 6.07 Å². The largest absolute Gasteiger partial charge is 0.497 e. The zero-order chi connectivity index (χ0) is 23.1. The maximum Gasteiger partial charge on any atom is 0.303 e. The van der Waals surface area contributed by atoms with E-state index >= 15 is 0 Å². The minimum Gasteiger partial charge on any atom is -0.497 e. The van der Waals surface area contributed by atoms with Crippen molar-refractivity contribution in [2.75, 3.05) is 52.2 Å². The molecule has 1 fully saturated rings. The Morgan fingerprint density at radius 1 is 1.06 bits per heavy atom. The van der Waals surface area contributed by atoms with Gasteiger partial charge in [0.05, 0.1) is 12.0 Å². The predicted molar refractivity (Wildman–Crippen MR) is 120 cm³/mol. The number of ether oxygens (including phenoxy) is 3. The standard InChI is InChI=1S/C22H29N3O6S/c1-17(26)31-21(16-30-20-5-3-4-18(23)14-20)15-24-10-12-25(13-11-24)32(27,28)22-8-6-19(29-2)7-9-22/h3-9,14,21H,10-13,15-16,23H2,1-2H3/t21-/m0/s1. The van der Waals surface area contributed by atoms with E-state index in [9.17, 15) is 13.2 Å². The van der Waals surface area contributed by atoms with Crippen LogP contribution < -0.4 is 15.2 Å². The van der Waals surface area contributed by atoms with Crippen LogP contribution in [0.15, 0.2) is 53.4 Å². The Hall–Kier alpha value is -2.82. The van der Waals surface area contributed by atoms with Crippen LogP contribution in [0.5, 0.6) is 11.5 Å². The molecule has 0 aliphatic carbocycles. The lowest BCUT2D eigenvalue weighted by atomic mass is 10.3. The van der Waals surface area contributed by atoms with Gasteiger partial charge in [0.15, 0.2) is 0 Å². The summed E-state index contributed by atoms with van der Waals surface area (Å²) in [6.45, 7) is 3.70. The quantitative estimate of drug-likeness (QED) is 0.441. The van der Waals surface area contributed by atoms with Crippen molar-refractivity contribution in [1.82, 2.24) is 9.21 Å². The molecule has 32 heavy (non-hydrogen) atoms. The number of rotatable bonds is 9. The summed E-state index contributed by atoms with van der Waals surface area (Å²) in [6.07, 6.45) is -0.487. The molecule has 1 aliphatic rings. The molecule has 1 aliphatic heterocycles. The first-order valence-electron chi connectivity index (χ1n) is 10.3. The molecule has 1 saturated heterocycles. The number of carbonyl (C=O) groups excluding carboxylic acids is 1. The fourth-order valence-corrected chi connectivity index (χ4v) is 4.91. The van der Waals surface area contributed by atoms with Gasteiger partial charge in [0.25, 0.3) is 0 Å². The van der Waals surface area contributed by atoms with Crippen molar-refractivity contribution >= 4 is 21.7 Å². The van der Waals surface area contributed by atoms with Gasteiger partial charge < -0.3 is 19.9 Å². The lowest BCUT2D eigenvalue weighted by Crippen LogP contribution is -2.51. The van der Waals surface area contributed by atoms with Gasteiger partial charge in [0.2, 0.25) is 10.0 Å². The monoisotopic (exact) mass is 463 g/mol. The minimum absolute atomic E-state index is 0.174. The lowest BCUT2D eigenvalue weighted by Gasteiger charge is -2.35. The second-order valence-corrected chi connectivity index (χ2v) is 9.43. The highest BCUT2D eigenvalue weighted by atomic mass is 32.2. The van der Waals surface area contributed by atoms with Crippen LogP contribution in [0.2, 0.25) is 0 Å². The van der Waals surface area contributed by atoms with E-state index in [-0.39, 0.29) is 11.5 Å². The maximum atomic E-state index is 12.9. The highest BCUT2D eigenvalue weighted by Gasteiger charge is 2.30. The Morgan fingerprint density at radius 3 is 2.34 bits per heavy atom. The highest BCUT2D eigenvalue weighted by molar-refractivity contribution is 7.89. The van der Waals surface area contributed by atoms with Crippen molar-refractivity contribution < 1.29 is 27.4 Å². The second kappa shape index (κ2) is 10.7. The van der Waals surface area contributed by atoms with Crippen molar-refractivity contribution in [2.45, 2.75) is 17.9 Å². The first-order chi connectivity index (χ1) is 15.3. The van der Waals surface area contributed by atoms with Crippen LogP contribution in [0.1, 0.15) is 6.92 Å². The molecular formula is C22H29N3O6S. The van der Waals surface area contributed by atoms with Crippen molar-refractivity contribution in [3.63, 3.8) is 0 Å². The molecule has 1 heterocycles. The molecule has 3 rings (SSSR count). The third-order valence-electron chi connectivity index (χ3n) is 5.12. The smallest absolute Gasteiger partial charge is 0.303 e. The number of benzene rings is 2. The number of sulfonamides is 1. The fraction of sp³-hybridized carbons (Fsp3) is 0.409. The van der Waals surface area contributed by atoms with Crippen molar-refractivity contribution in [1.29, 1.82) is 0 Å². The Labute approximate surface area is 188 Å². The van der Waals surface area contributed by atoms with Gasteiger partial charge in [-0.05, 0) is 36.4 Å². The molecule has 0 amide bonds. The third kappa shape index (κ3) is 6.35. The second-order valence-electron chi connectivity index (χ2n) is 7.50. The molecule has 0 unspecified atom stereocenters. The number of esters is 1. The van der Waals surface area contributed by atoms with E-state index in [0.29, 0.717) is 49.9 Å². The SMILES string of the molecule is COc1ccc(S(=O)(=O)N2CCN(C[C@@H](COc3cccc(N)c3)OC(C)=O)CC2)cc1. The van der Waals surface area contributed by atoms with E-state index in [4.69, 9.17) is 19.9 Å². The van der Waals surface area contributed by atoms with Crippen LogP contribution in [0.25, 0.3) is 0 Å². The van der Waals surface area contributed by atoms with Gasteiger partial charge in [-0.2, -0.15) is 4.31 Å². The first kappa shape index (κ1) is 23.8. The lowest BCUT2D eigenvalue weighted by molar-refractivity contribution is -0.149. The van der Waals surface area contributed by atoms with E-state index < -0.39 is 22.1 Å². The van der Waals surface area contributed by atoms with Crippen molar-refractivity contribution in [3.8, 4) is 11.5 Å². The molecule has 0 aromatic heterocycles. The number of nitrogens with zero attached hydrogens (tertiary/aromatic N) is 2. The summed E-state index contributed by atoms with van der Waals surface area (Å²) in [7, 11) is -2.05. The van der Waals surface area contributed by atoms with Gasteiger partial charge >= 0.3 is 5.97 Å². The molecule has 9 nitrogen and oxygen atoms in total. The zero-order valence-electron chi connectivity index (χ0n) is 18.3. The van der Waals surface area contributed by atoms with Gasteiger partial charge in [0, 0.05) is 51.4 Å². The van der Waals surface area contributed by atoms with Gasteiger partial charge in [-0.15, -0.1) is 0 Å². The number of methoxy groups -OCH3 is 1. The van der Waals surface area contributed by atoms with Crippen LogP contribution in [0.3, 0.4) is 0 Å². The van der Waals surface area contributed by atoms with Gasteiger partial charge in [0.1, 0.15) is 24.2 Å². The minimum atomic E-state index is -3.58. The normalized spacial score (nSPS) is 16.3. The Kier molecular flexibility index (Phi) is 7.94. The summed E-state index contributed by atoms with van der Waals surface area (Å²) in [5.74, 6) is 0.801. The summed E-state index contributed by atoms with van der Waals surface area (Å²) in [4.78, 5) is 13.8. The number of piperazine rings is 1. The molecule has 2 N–H and O–H groups in total. The molecule has 0 saturated carbocycles. The molecule has 174 valence electrons. The molecule has 1 atom stereocenters. The van der Waals surface area contributed by atoms with Gasteiger partial charge in [-0.3, -0.25) is 9.69 Å². The molecule has 2 aromatic carbocycles. The molecule has 0 spiro atoms. The third-order valence-corrected chi connectivity index (χ3v) is 7.03. The summed E-state index contributed by atoms with van der Waals surface area (Å²) >= 11 is 0. The highest BCUT2D eigenvalue weighted by Crippen LogP contribution is 2.21. The fourth-order valence-electron chi connectivity index (χ4n) is 3.49. The molecule has 0 radical (unpaired) electrons. The maximum absolute atomic E-state index is 12.9. The van der Waals surface area contributed by atoms with Crippen LogP contribution in [-0.4, -0.2) is 76.1 Å². The van der Waals surface area contributed by atoms with Crippen LogP contribution in [-0.2, 0) is 19.6 Å². The van der Waals surface area contributed by atoms with E-state index in [1.807, 2.05) is 0 Å². The van der Waals surface area contributed by atoms with Crippen LogP contribution in [0, 0.1) is 0 Å². The molecule has 2 aromatic rings. The van der Waals surface area contributed by atoms with Gasteiger partial charge in [-0.25, -0.2) is 8.42 Å². The van der Waals surface area contributed by atoms with E-state index in [1.165, 1.54) is 18.3 Å². The number of anilines is 1. The molecular weight excluding hydrogens is 434 g/mol. The van der Waals surface area contributed by atoms with E-state index in [0.717, 1.165) is 0 Å². The Balaban J connectivity index is 1.56. The zero-order valence-corrected chi connectivity index (χ0v) is 19.1. The topological polar surface area (TPSA) is 111 Å². The first-order valence-corrected chi connectivity index (χ1v) is 11.7. The number of carbonyl (C=O) groups is 1. The van der Waals surface area contributed by atoms with E-state index in [2.05, 4.69) is 4.90 Å². The summed E-state index contributed by atoms with van der Waals surface area (Å²) in [5.41, 5.74) is 6.35. The Morgan fingerprint density at radius 2 is 1.75 bits per heavy atom. The number of hydrogen-bond acceptors (Lipinski definition) is 8. The summed E-state index contributed by atoms with van der Waals surface area (Å²) in [5, 5.41) is 0. The van der Waals surface area contributed by atoms with Crippen molar-refractivity contribution in [3.05, 3.63) is 48.5 Å².